The van der Waals surface area contributed by atoms with Gasteiger partial charge in [-0.3, -0.25) is 19.1 Å². The van der Waals surface area contributed by atoms with E-state index in [0.717, 1.165) is 11.3 Å². The summed E-state index contributed by atoms with van der Waals surface area (Å²) in [5.74, 6) is -0.871. The smallest absolute Gasteiger partial charge is 0.273 e. The average Bonchev–Trinajstić information content (AvgIpc) is 3.00. The second-order valence-electron chi connectivity index (χ2n) is 7.81. The van der Waals surface area contributed by atoms with Crippen molar-refractivity contribution in [3.63, 3.8) is 0 Å². The van der Waals surface area contributed by atoms with E-state index in [0.29, 0.717) is 15.8 Å². The third-order valence-corrected chi connectivity index (χ3v) is 5.53. The molecule has 0 spiro atoms. The Kier molecular flexibility index (Phi) is 5.81. The number of nitrogens with zero attached hydrogens (tertiary/aromatic N) is 3. The van der Waals surface area contributed by atoms with Crippen LogP contribution in [0.25, 0.3) is 17.3 Å². The summed E-state index contributed by atoms with van der Waals surface area (Å²) in [5.41, 5.74) is -0.155. The molecule has 0 aliphatic heterocycles. The summed E-state index contributed by atoms with van der Waals surface area (Å²) in [6, 6.07) is 11.6. The molecule has 0 atom stereocenters. The number of Topliss-reactive ketones (excluding diaryl/α,β-unsaturated/α-hetero) is 1. The molecule has 0 unspecified atom stereocenters. The van der Waals surface area contributed by atoms with Crippen molar-refractivity contribution in [1.29, 1.82) is 5.26 Å². The first-order valence-electron chi connectivity index (χ1n) is 9.24. The lowest BCUT2D eigenvalue weighted by molar-refractivity contribution is -0.120. The van der Waals surface area contributed by atoms with Gasteiger partial charge in [0, 0.05) is 11.6 Å². The number of rotatable bonds is 3. The van der Waals surface area contributed by atoms with Gasteiger partial charge in [-0.05, 0) is 42.8 Å². The van der Waals surface area contributed by atoms with Crippen LogP contribution >= 0.6 is 11.3 Å². The van der Waals surface area contributed by atoms with E-state index in [9.17, 15) is 19.2 Å². The number of nitriles is 1. The van der Waals surface area contributed by atoms with Crippen molar-refractivity contribution in [3.8, 4) is 11.8 Å². The third kappa shape index (κ3) is 4.14. The largest absolute Gasteiger partial charge is 0.293 e. The fraction of sp³-hybridized carbons (Fsp3) is 0.217. The maximum Gasteiger partial charge on any atom is 0.273 e. The molecule has 0 N–H and O–H groups in total. The van der Waals surface area contributed by atoms with E-state index in [-0.39, 0.29) is 15.9 Å². The lowest BCUT2D eigenvalue weighted by atomic mass is 9.87. The number of aromatic nitrogens is 2. The molecule has 0 saturated carbocycles. The summed E-state index contributed by atoms with van der Waals surface area (Å²) in [7, 11) is 0. The zero-order chi connectivity index (χ0) is 22.1. The van der Waals surface area contributed by atoms with Crippen molar-refractivity contribution >= 4 is 28.8 Å². The Morgan fingerprint density at radius 2 is 2.00 bits per heavy atom. The van der Waals surface area contributed by atoms with Crippen molar-refractivity contribution in [1.82, 2.24) is 9.55 Å². The Balaban J connectivity index is 2.46. The first kappa shape index (κ1) is 21.3. The van der Waals surface area contributed by atoms with Crippen LogP contribution in [0, 0.1) is 29.5 Å². The Morgan fingerprint density at radius 3 is 2.57 bits per heavy atom. The highest BCUT2D eigenvalue weighted by molar-refractivity contribution is 7.07. The fourth-order valence-corrected chi connectivity index (χ4v) is 3.86. The van der Waals surface area contributed by atoms with Crippen LogP contribution in [0.3, 0.4) is 0 Å². The number of carbonyl (C=O) groups excluding carboxylic acids is 1. The number of halogens is 1. The Hall–Kier alpha value is -3.37. The highest BCUT2D eigenvalue weighted by atomic mass is 32.1. The molecule has 0 aliphatic rings. The van der Waals surface area contributed by atoms with Crippen molar-refractivity contribution < 1.29 is 9.18 Å². The summed E-state index contributed by atoms with van der Waals surface area (Å²) < 4.78 is 15.9. The summed E-state index contributed by atoms with van der Waals surface area (Å²) in [5, 5.41) is 9.76. The van der Waals surface area contributed by atoms with Gasteiger partial charge in [0.05, 0.1) is 15.9 Å². The van der Waals surface area contributed by atoms with Crippen LogP contribution in [0.1, 0.15) is 32.0 Å². The van der Waals surface area contributed by atoms with Crippen LogP contribution in [0.2, 0.25) is 0 Å². The van der Waals surface area contributed by atoms with E-state index < -0.39 is 22.6 Å². The van der Waals surface area contributed by atoms with Crippen molar-refractivity contribution in [2.24, 2.45) is 5.41 Å². The molecule has 1 aromatic carbocycles. The standard InChI is InChI=1S/C23H20FN3O2S/c1-14-8-9-16(12-18(14)24)27-21(29)19(11-15-7-5-6-10-26-15)30-22(27)17(13-25)20(28)23(2,3)4/h5-12H,1-4H3/b19-11-,22-17-. The van der Waals surface area contributed by atoms with Gasteiger partial charge < -0.3 is 0 Å². The van der Waals surface area contributed by atoms with Gasteiger partial charge in [0.2, 0.25) is 0 Å². The summed E-state index contributed by atoms with van der Waals surface area (Å²) in [6.45, 7) is 6.73. The number of benzene rings is 1. The average molecular weight is 421 g/mol. The number of carbonyl (C=O) groups is 1. The van der Waals surface area contributed by atoms with Gasteiger partial charge in [-0.15, -0.1) is 11.3 Å². The molecule has 2 heterocycles. The third-order valence-electron chi connectivity index (χ3n) is 4.44. The van der Waals surface area contributed by atoms with Crippen LogP contribution in [0.4, 0.5) is 4.39 Å². The van der Waals surface area contributed by atoms with E-state index >= 15 is 0 Å². The van der Waals surface area contributed by atoms with Crippen LogP contribution in [-0.2, 0) is 4.79 Å². The topological polar surface area (TPSA) is 75.8 Å². The molecule has 3 aromatic rings. The van der Waals surface area contributed by atoms with Crippen molar-refractivity contribution in [3.05, 3.63) is 79.2 Å². The zero-order valence-electron chi connectivity index (χ0n) is 17.1. The molecule has 0 amide bonds. The summed E-state index contributed by atoms with van der Waals surface area (Å²) in [4.78, 5) is 30.4. The van der Waals surface area contributed by atoms with Crippen LogP contribution in [0.5, 0.6) is 0 Å². The van der Waals surface area contributed by atoms with E-state index in [1.807, 2.05) is 6.07 Å². The van der Waals surface area contributed by atoms with Gasteiger partial charge in [-0.25, -0.2) is 4.39 Å². The second-order valence-corrected chi connectivity index (χ2v) is 8.84. The number of pyridine rings is 1. The normalized spacial score (nSPS) is 13.1. The minimum atomic E-state index is -0.820. The molecular formula is C23H20FN3O2S. The molecule has 0 bridgehead atoms. The SMILES string of the molecule is Cc1ccc(-n2c(=O)/c(=C/c3ccccn3)s/c2=C(/C#N)C(=O)C(C)(C)C)cc1F. The highest BCUT2D eigenvalue weighted by Crippen LogP contribution is 2.20. The van der Waals surface area contributed by atoms with E-state index in [1.54, 1.807) is 70.3 Å². The molecule has 0 fully saturated rings. The van der Waals surface area contributed by atoms with Gasteiger partial charge >= 0.3 is 0 Å². The highest BCUT2D eigenvalue weighted by Gasteiger charge is 2.27. The quantitative estimate of drug-likeness (QED) is 0.652. The maximum absolute atomic E-state index is 14.2. The fourth-order valence-electron chi connectivity index (χ4n) is 2.77. The number of thiazole rings is 1. The Labute approximate surface area is 177 Å². The van der Waals surface area contributed by atoms with E-state index in [4.69, 9.17) is 0 Å². The monoisotopic (exact) mass is 421 g/mol. The van der Waals surface area contributed by atoms with Gasteiger partial charge in [-0.2, -0.15) is 5.26 Å². The molecular weight excluding hydrogens is 401 g/mol. The molecule has 30 heavy (non-hydrogen) atoms. The second kappa shape index (κ2) is 8.17. The lowest BCUT2D eigenvalue weighted by Crippen LogP contribution is -2.33. The summed E-state index contributed by atoms with van der Waals surface area (Å²) in [6.07, 6.45) is 3.19. The van der Waals surface area contributed by atoms with Crippen LogP contribution in [0.15, 0.2) is 47.4 Å². The number of hydrogen-bond donors (Lipinski definition) is 0. The molecule has 0 radical (unpaired) electrons. The molecule has 3 rings (SSSR count). The minimum Gasteiger partial charge on any atom is -0.293 e. The molecule has 2 aromatic heterocycles. The first-order chi connectivity index (χ1) is 14.1. The Morgan fingerprint density at radius 1 is 1.27 bits per heavy atom. The van der Waals surface area contributed by atoms with Crippen molar-refractivity contribution in [2.45, 2.75) is 27.7 Å². The van der Waals surface area contributed by atoms with E-state index in [1.165, 1.54) is 10.6 Å². The predicted molar refractivity (Wildman–Crippen MR) is 115 cm³/mol. The maximum atomic E-state index is 14.2. The molecule has 0 aliphatic carbocycles. The number of hydrogen-bond acceptors (Lipinski definition) is 5. The molecule has 0 saturated heterocycles. The van der Waals surface area contributed by atoms with Crippen LogP contribution in [-0.4, -0.2) is 15.3 Å². The van der Waals surface area contributed by atoms with Gasteiger partial charge in [0.25, 0.3) is 5.56 Å². The predicted octanol–water partition coefficient (Wildman–Crippen LogP) is 2.86. The number of aryl methyl sites for hydroxylation is 1. The zero-order valence-corrected chi connectivity index (χ0v) is 17.9. The number of ketones is 1. The minimum absolute atomic E-state index is 0.133. The van der Waals surface area contributed by atoms with E-state index in [2.05, 4.69) is 4.98 Å². The van der Waals surface area contributed by atoms with Crippen LogP contribution < -0.4 is 14.8 Å². The lowest BCUT2D eigenvalue weighted by Gasteiger charge is -2.15. The van der Waals surface area contributed by atoms with Gasteiger partial charge in [0.15, 0.2) is 5.78 Å². The molecule has 5 nitrogen and oxygen atoms in total. The van der Waals surface area contributed by atoms with Gasteiger partial charge in [0.1, 0.15) is 22.1 Å². The molecule has 7 heteroatoms. The summed E-state index contributed by atoms with van der Waals surface area (Å²) >= 11 is 1.02. The Bertz CT molecular complexity index is 1340. The first-order valence-corrected chi connectivity index (χ1v) is 10.1. The molecule has 152 valence electrons. The van der Waals surface area contributed by atoms with Crippen molar-refractivity contribution in [2.75, 3.05) is 0 Å². The van der Waals surface area contributed by atoms with Gasteiger partial charge in [-0.1, -0.05) is 32.9 Å².